The molecule has 1 heterocycles. The average Bonchev–Trinajstić information content (AvgIpc) is 2.74. The van der Waals surface area contributed by atoms with Gasteiger partial charge in [0.25, 0.3) is 0 Å². The first-order valence-corrected chi connectivity index (χ1v) is 7.11. The molecule has 0 saturated carbocycles. The Kier molecular flexibility index (Phi) is 4.14. The number of nitrogens with two attached hydrogens (primary N) is 1. The van der Waals surface area contributed by atoms with Gasteiger partial charge in [0.15, 0.2) is 0 Å². The van der Waals surface area contributed by atoms with Crippen LogP contribution in [-0.2, 0) is 6.61 Å². The monoisotopic (exact) mass is 326 g/mol. The Hall–Kier alpha value is -1.20. The molecule has 0 fully saturated rings. The lowest BCUT2D eigenvalue weighted by Gasteiger charge is -2.15. The molecular weight excluding hydrogens is 312 g/mol. The van der Waals surface area contributed by atoms with Gasteiger partial charge in [-0.1, -0.05) is 0 Å². The molecule has 0 amide bonds. The van der Waals surface area contributed by atoms with Crippen LogP contribution < -0.4 is 15.4 Å². The Labute approximate surface area is 119 Å². The van der Waals surface area contributed by atoms with Gasteiger partial charge < -0.3 is 15.4 Å². The van der Waals surface area contributed by atoms with Crippen LogP contribution in [0.25, 0.3) is 0 Å². The first-order chi connectivity index (χ1) is 8.56. The molecule has 0 unspecified atom stereocenters. The van der Waals surface area contributed by atoms with Gasteiger partial charge in [-0.2, -0.15) is 0 Å². The second kappa shape index (κ2) is 5.63. The van der Waals surface area contributed by atoms with E-state index in [0.29, 0.717) is 12.3 Å². The fourth-order valence-corrected chi connectivity index (χ4v) is 2.90. The number of ether oxygens (including phenoxy) is 1. The smallest absolute Gasteiger partial charge is 0.144 e. The fourth-order valence-electron chi connectivity index (χ4n) is 1.50. The molecule has 0 saturated heterocycles. The Morgan fingerprint density at radius 3 is 2.67 bits per heavy atom. The fraction of sp³-hybridized carbons (Fsp3) is 0.231. The van der Waals surface area contributed by atoms with E-state index < -0.39 is 0 Å². The van der Waals surface area contributed by atoms with Crippen molar-refractivity contribution in [3.8, 4) is 5.75 Å². The molecule has 2 aromatic rings. The van der Waals surface area contributed by atoms with E-state index >= 15 is 0 Å². The minimum atomic E-state index is 0.539. The molecule has 1 aromatic heterocycles. The zero-order valence-corrected chi connectivity index (χ0v) is 12.7. The molecule has 0 spiro atoms. The van der Waals surface area contributed by atoms with E-state index in [1.807, 2.05) is 49.3 Å². The second-order valence-electron chi connectivity index (χ2n) is 4.11. The summed E-state index contributed by atoms with van der Waals surface area (Å²) in [7, 11) is 3.98. The van der Waals surface area contributed by atoms with Crippen LogP contribution in [0, 0.1) is 0 Å². The van der Waals surface area contributed by atoms with Gasteiger partial charge in [-0.15, -0.1) is 11.3 Å². The van der Waals surface area contributed by atoms with Crippen LogP contribution in [0.1, 0.15) is 4.88 Å². The molecule has 5 heteroatoms. The maximum atomic E-state index is 5.91. The number of benzene rings is 1. The van der Waals surface area contributed by atoms with Crippen molar-refractivity contribution in [1.82, 2.24) is 0 Å². The third-order valence-electron chi connectivity index (χ3n) is 2.51. The van der Waals surface area contributed by atoms with Crippen LogP contribution in [0.2, 0.25) is 0 Å². The number of rotatable bonds is 4. The third-order valence-corrected chi connectivity index (χ3v) is 4.11. The predicted octanol–water partition coefficient (Wildman–Crippen LogP) is 3.74. The maximum absolute atomic E-state index is 5.91. The number of hydrogen-bond donors (Lipinski definition) is 1. The van der Waals surface area contributed by atoms with E-state index in [2.05, 4.69) is 15.9 Å². The van der Waals surface area contributed by atoms with E-state index in [-0.39, 0.29) is 0 Å². The van der Waals surface area contributed by atoms with Gasteiger partial charge in [-0.05, 0) is 40.2 Å². The van der Waals surface area contributed by atoms with Crippen LogP contribution in [0.5, 0.6) is 5.75 Å². The van der Waals surface area contributed by atoms with E-state index in [1.54, 1.807) is 11.3 Å². The van der Waals surface area contributed by atoms with Gasteiger partial charge in [0.2, 0.25) is 0 Å². The summed E-state index contributed by atoms with van der Waals surface area (Å²) in [5, 5.41) is 0. The van der Waals surface area contributed by atoms with Crippen molar-refractivity contribution < 1.29 is 4.74 Å². The number of nitrogen functional groups attached to an aromatic ring is 1. The van der Waals surface area contributed by atoms with Crippen molar-refractivity contribution in [3.05, 3.63) is 39.0 Å². The Balaban J connectivity index is 2.10. The quantitative estimate of drug-likeness (QED) is 0.870. The third kappa shape index (κ3) is 3.17. The zero-order valence-electron chi connectivity index (χ0n) is 10.3. The van der Waals surface area contributed by atoms with Crippen molar-refractivity contribution in [2.45, 2.75) is 6.61 Å². The molecule has 0 bridgehead atoms. The molecule has 2 rings (SSSR count). The second-order valence-corrected chi connectivity index (χ2v) is 6.66. The summed E-state index contributed by atoms with van der Waals surface area (Å²) in [4.78, 5) is 3.19. The van der Waals surface area contributed by atoms with E-state index in [4.69, 9.17) is 10.5 Å². The highest BCUT2D eigenvalue weighted by molar-refractivity contribution is 9.11. The minimum absolute atomic E-state index is 0.539. The molecule has 1 aromatic carbocycles. The first kappa shape index (κ1) is 13.2. The number of anilines is 2. The van der Waals surface area contributed by atoms with Crippen molar-refractivity contribution in [2.75, 3.05) is 24.7 Å². The Morgan fingerprint density at radius 1 is 1.28 bits per heavy atom. The number of hydrogen-bond acceptors (Lipinski definition) is 4. The van der Waals surface area contributed by atoms with Gasteiger partial charge in [-0.3, -0.25) is 0 Å². The lowest BCUT2D eigenvalue weighted by Crippen LogP contribution is -2.09. The van der Waals surface area contributed by atoms with Crippen LogP contribution in [0.15, 0.2) is 34.1 Å². The highest BCUT2D eigenvalue weighted by Gasteiger charge is 2.05. The van der Waals surface area contributed by atoms with Crippen molar-refractivity contribution in [3.63, 3.8) is 0 Å². The normalized spacial score (nSPS) is 10.4. The molecule has 0 radical (unpaired) electrons. The molecule has 18 heavy (non-hydrogen) atoms. The van der Waals surface area contributed by atoms with Crippen LogP contribution in [0.3, 0.4) is 0 Å². The Bertz CT molecular complexity index is 540. The summed E-state index contributed by atoms with van der Waals surface area (Å²) in [5.74, 6) is 0.728. The zero-order chi connectivity index (χ0) is 13.1. The molecular formula is C13H15BrN2OS. The number of nitrogens with zero attached hydrogens (tertiary/aromatic N) is 1. The number of thiophene rings is 1. The van der Waals surface area contributed by atoms with Crippen LogP contribution in [-0.4, -0.2) is 14.1 Å². The van der Waals surface area contributed by atoms with E-state index in [0.717, 1.165) is 20.1 Å². The Morgan fingerprint density at radius 2 is 2.06 bits per heavy atom. The highest BCUT2D eigenvalue weighted by Crippen LogP contribution is 2.29. The molecule has 0 aliphatic heterocycles. The SMILES string of the molecule is CN(C)c1ccc(N)c(OCc2ccc(Br)s2)c1. The average molecular weight is 327 g/mol. The van der Waals surface area contributed by atoms with Crippen LogP contribution >= 0.6 is 27.3 Å². The summed E-state index contributed by atoms with van der Waals surface area (Å²) in [5.41, 5.74) is 7.65. The lowest BCUT2D eigenvalue weighted by atomic mass is 10.2. The van der Waals surface area contributed by atoms with Gasteiger partial charge in [0.05, 0.1) is 9.47 Å². The summed E-state index contributed by atoms with van der Waals surface area (Å²) < 4.78 is 6.87. The summed E-state index contributed by atoms with van der Waals surface area (Å²) >= 11 is 5.10. The van der Waals surface area contributed by atoms with Crippen LogP contribution in [0.4, 0.5) is 11.4 Å². The summed E-state index contributed by atoms with van der Waals surface area (Å²) in [6, 6.07) is 9.86. The van der Waals surface area contributed by atoms with Crippen molar-refractivity contribution in [1.29, 1.82) is 0 Å². The topological polar surface area (TPSA) is 38.5 Å². The predicted molar refractivity (Wildman–Crippen MR) is 81.5 cm³/mol. The van der Waals surface area contributed by atoms with Gasteiger partial charge >= 0.3 is 0 Å². The van der Waals surface area contributed by atoms with E-state index in [1.165, 1.54) is 0 Å². The lowest BCUT2D eigenvalue weighted by molar-refractivity contribution is 0.311. The largest absolute Gasteiger partial charge is 0.486 e. The highest BCUT2D eigenvalue weighted by atomic mass is 79.9. The first-order valence-electron chi connectivity index (χ1n) is 5.50. The van der Waals surface area contributed by atoms with Gasteiger partial charge in [0, 0.05) is 30.7 Å². The molecule has 3 nitrogen and oxygen atoms in total. The number of halogens is 1. The van der Waals surface area contributed by atoms with Gasteiger partial charge in [-0.25, -0.2) is 0 Å². The minimum Gasteiger partial charge on any atom is -0.486 e. The standard InChI is InChI=1S/C13H15BrN2OS/c1-16(2)9-3-5-11(15)12(7-9)17-8-10-4-6-13(14)18-10/h3-7H,8,15H2,1-2H3. The van der Waals surface area contributed by atoms with Gasteiger partial charge in [0.1, 0.15) is 12.4 Å². The van der Waals surface area contributed by atoms with Crippen molar-refractivity contribution >= 4 is 38.6 Å². The van der Waals surface area contributed by atoms with Crippen molar-refractivity contribution in [2.24, 2.45) is 0 Å². The molecule has 0 aliphatic rings. The maximum Gasteiger partial charge on any atom is 0.144 e. The molecule has 2 N–H and O–H groups in total. The molecule has 0 atom stereocenters. The molecule has 96 valence electrons. The summed E-state index contributed by atoms with van der Waals surface area (Å²) in [6.45, 7) is 0.539. The summed E-state index contributed by atoms with van der Waals surface area (Å²) in [6.07, 6.45) is 0. The van der Waals surface area contributed by atoms with E-state index in [9.17, 15) is 0 Å². The molecule has 0 aliphatic carbocycles.